The normalized spacial score (nSPS) is 23.7. The Morgan fingerprint density at radius 2 is 1.89 bits per heavy atom. The highest BCUT2D eigenvalue weighted by Crippen LogP contribution is 2.37. The zero-order valence-electron chi connectivity index (χ0n) is 11.3. The monoisotopic (exact) mass is 246 g/mol. The van der Waals surface area contributed by atoms with E-state index in [-0.39, 0.29) is 11.9 Å². The van der Waals surface area contributed by atoms with Crippen LogP contribution in [-0.4, -0.2) is 13.1 Å². The van der Waals surface area contributed by atoms with Gasteiger partial charge in [0.1, 0.15) is 0 Å². The first kappa shape index (κ1) is 13.1. The summed E-state index contributed by atoms with van der Waals surface area (Å²) in [7, 11) is 1.49. The molecule has 0 aromatic heterocycles. The minimum Gasteiger partial charge on any atom is -0.469 e. The fraction of sp³-hybridized carbons (Fsp3) is 0.562. The number of carbonyl (C=O) groups excluding carboxylic acids is 1. The molecule has 18 heavy (non-hydrogen) atoms. The Morgan fingerprint density at radius 3 is 2.50 bits per heavy atom. The molecule has 0 aliphatic heterocycles. The first-order valence-corrected chi connectivity index (χ1v) is 6.91. The van der Waals surface area contributed by atoms with Crippen LogP contribution in [-0.2, 0) is 16.0 Å². The lowest BCUT2D eigenvalue weighted by Crippen LogP contribution is -2.22. The van der Waals surface area contributed by atoms with Gasteiger partial charge in [0.05, 0.1) is 13.0 Å². The van der Waals surface area contributed by atoms with E-state index < -0.39 is 0 Å². The van der Waals surface area contributed by atoms with Crippen molar-refractivity contribution in [1.29, 1.82) is 0 Å². The first-order valence-electron chi connectivity index (χ1n) is 6.91. The molecule has 1 aromatic rings. The van der Waals surface area contributed by atoms with Crippen LogP contribution in [0.4, 0.5) is 0 Å². The predicted molar refractivity (Wildman–Crippen MR) is 72.5 cm³/mol. The van der Waals surface area contributed by atoms with Gasteiger partial charge in [0, 0.05) is 0 Å². The summed E-state index contributed by atoms with van der Waals surface area (Å²) >= 11 is 0. The highest BCUT2D eigenvalue weighted by atomic mass is 16.5. The second-order valence-corrected chi connectivity index (χ2v) is 5.12. The topological polar surface area (TPSA) is 26.3 Å². The van der Waals surface area contributed by atoms with E-state index in [9.17, 15) is 4.79 Å². The van der Waals surface area contributed by atoms with Crippen LogP contribution in [0, 0.1) is 5.92 Å². The Kier molecular flexibility index (Phi) is 4.40. The van der Waals surface area contributed by atoms with Crippen LogP contribution in [0.2, 0.25) is 0 Å². The fourth-order valence-electron chi connectivity index (χ4n) is 3.06. The number of esters is 1. The molecule has 1 aromatic carbocycles. The van der Waals surface area contributed by atoms with Crippen LogP contribution in [0.25, 0.3) is 0 Å². The summed E-state index contributed by atoms with van der Waals surface area (Å²) < 4.78 is 4.84. The van der Waals surface area contributed by atoms with Crippen molar-refractivity contribution >= 4 is 5.97 Å². The maximum Gasteiger partial charge on any atom is 0.308 e. The van der Waals surface area contributed by atoms with E-state index in [1.807, 2.05) is 0 Å². The maximum absolute atomic E-state index is 11.5. The van der Waals surface area contributed by atoms with E-state index in [1.54, 1.807) is 0 Å². The highest BCUT2D eigenvalue weighted by molar-refractivity contribution is 5.72. The molecule has 0 heterocycles. The number of ether oxygens (including phenoxy) is 1. The lowest BCUT2D eigenvalue weighted by molar-refractivity contribution is -0.146. The van der Waals surface area contributed by atoms with E-state index in [4.69, 9.17) is 4.74 Å². The lowest BCUT2D eigenvalue weighted by Gasteiger charge is -2.28. The summed E-state index contributed by atoms with van der Waals surface area (Å²) in [6.07, 6.45) is 5.24. The zero-order chi connectivity index (χ0) is 13.0. The second-order valence-electron chi connectivity index (χ2n) is 5.12. The molecule has 1 fully saturated rings. The summed E-state index contributed by atoms with van der Waals surface area (Å²) in [5, 5.41) is 0. The predicted octanol–water partition coefficient (Wildman–Crippen LogP) is 3.70. The molecule has 0 radical (unpaired) electrons. The van der Waals surface area contributed by atoms with Crippen molar-refractivity contribution in [2.75, 3.05) is 7.11 Å². The third kappa shape index (κ3) is 2.74. The van der Waals surface area contributed by atoms with Gasteiger partial charge in [-0.3, -0.25) is 4.79 Å². The van der Waals surface area contributed by atoms with E-state index >= 15 is 0 Å². The fourth-order valence-corrected chi connectivity index (χ4v) is 3.06. The Balaban J connectivity index is 2.03. The molecule has 2 heteroatoms. The molecule has 0 bridgehead atoms. The smallest absolute Gasteiger partial charge is 0.308 e. The maximum atomic E-state index is 11.5. The van der Waals surface area contributed by atoms with Gasteiger partial charge in [-0.25, -0.2) is 0 Å². The molecular formula is C16H22O2. The average Bonchev–Trinajstić information content (AvgIpc) is 2.46. The molecule has 0 spiro atoms. The molecule has 98 valence electrons. The summed E-state index contributed by atoms with van der Waals surface area (Å²) in [6.45, 7) is 2.21. The van der Waals surface area contributed by atoms with Gasteiger partial charge in [0.15, 0.2) is 0 Å². The number of rotatable bonds is 3. The minimum absolute atomic E-state index is 0.0303. The number of aryl methyl sites for hydroxylation is 1. The van der Waals surface area contributed by atoms with Crippen LogP contribution in [0.3, 0.4) is 0 Å². The van der Waals surface area contributed by atoms with Gasteiger partial charge >= 0.3 is 5.97 Å². The van der Waals surface area contributed by atoms with Gasteiger partial charge in [-0.15, -0.1) is 0 Å². The van der Waals surface area contributed by atoms with Gasteiger partial charge in [0.25, 0.3) is 0 Å². The Bertz CT molecular complexity index is 403. The Hall–Kier alpha value is -1.31. The molecule has 0 saturated heterocycles. The van der Waals surface area contributed by atoms with Gasteiger partial charge in [-0.2, -0.15) is 0 Å². The summed E-state index contributed by atoms with van der Waals surface area (Å²) in [6, 6.07) is 8.72. The summed E-state index contributed by atoms with van der Waals surface area (Å²) in [5.74, 6) is 0.722. The van der Waals surface area contributed by atoms with Gasteiger partial charge < -0.3 is 4.74 Å². The summed E-state index contributed by atoms with van der Waals surface area (Å²) in [4.78, 5) is 11.5. The highest BCUT2D eigenvalue weighted by Gasteiger charge is 2.28. The van der Waals surface area contributed by atoms with Crippen molar-refractivity contribution in [3.05, 3.63) is 35.4 Å². The van der Waals surface area contributed by atoms with Crippen LogP contribution in [0.5, 0.6) is 0 Å². The SMILES string of the molecule is CCc1ccccc1C1CCC(C(=O)OC)CC1. The zero-order valence-corrected chi connectivity index (χ0v) is 11.3. The molecular weight excluding hydrogens is 224 g/mol. The average molecular weight is 246 g/mol. The van der Waals surface area contributed by atoms with Crippen molar-refractivity contribution in [2.45, 2.75) is 44.9 Å². The number of methoxy groups -OCH3 is 1. The first-order chi connectivity index (χ1) is 8.76. The largest absolute Gasteiger partial charge is 0.469 e. The molecule has 1 aliphatic rings. The minimum atomic E-state index is -0.0303. The van der Waals surface area contributed by atoms with Crippen LogP contribution in [0.15, 0.2) is 24.3 Å². The van der Waals surface area contributed by atoms with E-state index in [1.165, 1.54) is 18.2 Å². The summed E-state index contributed by atoms with van der Waals surface area (Å²) in [5.41, 5.74) is 2.95. The second kappa shape index (κ2) is 6.03. The Morgan fingerprint density at radius 1 is 1.22 bits per heavy atom. The molecule has 2 nitrogen and oxygen atoms in total. The van der Waals surface area contributed by atoms with Crippen molar-refractivity contribution in [3.63, 3.8) is 0 Å². The molecule has 0 atom stereocenters. The third-order valence-electron chi connectivity index (χ3n) is 4.14. The molecule has 0 unspecified atom stereocenters. The van der Waals surface area contributed by atoms with E-state index in [0.29, 0.717) is 5.92 Å². The van der Waals surface area contributed by atoms with Gasteiger partial charge in [-0.05, 0) is 49.1 Å². The van der Waals surface area contributed by atoms with E-state index in [0.717, 1.165) is 32.1 Å². The Labute approximate surface area is 109 Å². The van der Waals surface area contributed by atoms with Gasteiger partial charge in [-0.1, -0.05) is 31.2 Å². The van der Waals surface area contributed by atoms with Crippen LogP contribution >= 0.6 is 0 Å². The van der Waals surface area contributed by atoms with Crippen molar-refractivity contribution in [1.82, 2.24) is 0 Å². The molecule has 2 rings (SSSR count). The standard InChI is InChI=1S/C16H22O2/c1-3-12-6-4-5-7-15(12)13-8-10-14(11-9-13)16(17)18-2/h4-7,13-14H,3,8-11H2,1-2H3. The van der Waals surface area contributed by atoms with E-state index in [2.05, 4.69) is 31.2 Å². The van der Waals surface area contributed by atoms with Crippen molar-refractivity contribution in [3.8, 4) is 0 Å². The van der Waals surface area contributed by atoms with Crippen LogP contribution < -0.4 is 0 Å². The number of benzene rings is 1. The van der Waals surface area contributed by atoms with Crippen molar-refractivity contribution in [2.24, 2.45) is 5.92 Å². The van der Waals surface area contributed by atoms with Gasteiger partial charge in [0.2, 0.25) is 0 Å². The number of hydrogen-bond donors (Lipinski definition) is 0. The number of carbonyl (C=O) groups is 1. The van der Waals surface area contributed by atoms with Crippen LogP contribution in [0.1, 0.15) is 49.7 Å². The quantitative estimate of drug-likeness (QED) is 0.760. The molecule has 0 N–H and O–H groups in total. The molecule has 0 amide bonds. The lowest BCUT2D eigenvalue weighted by atomic mass is 9.77. The molecule has 1 aliphatic carbocycles. The number of hydrogen-bond acceptors (Lipinski definition) is 2. The molecule has 1 saturated carbocycles. The van der Waals surface area contributed by atoms with Crippen molar-refractivity contribution < 1.29 is 9.53 Å². The third-order valence-corrected chi connectivity index (χ3v) is 4.14.